The zero-order valence-electron chi connectivity index (χ0n) is 16.5. The molecule has 0 aliphatic carbocycles. The van der Waals surface area contributed by atoms with Crippen LogP contribution in [0.2, 0.25) is 0 Å². The summed E-state index contributed by atoms with van der Waals surface area (Å²) in [6.45, 7) is 11.5. The molecule has 1 aromatic carbocycles. The van der Waals surface area contributed by atoms with Gasteiger partial charge in [-0.15, -0.1) is 0 Å². The number of aromatic nitrogens is 1. The first-order valence-corrected chi connectivity index (χ1v) is 9.62. The van der Waals surface area contributed by atoms with Crippen LogP contribution >= 0.6 is 0 Å². The predicted molar refractivity (Wildman–Crippen MR) is 109 cm³/mol. The van der Waals surface area contributed by atoms with Crippen molar-refractivity contribution in [3.8, 4) is 0 Å². The first-order chi connectivity index (χ1) is 12.7. The number of nitrogens with zero attached hydrogens (tertiary/aromatic N) is 2. The van der Waals surface area contributed by atoms with E-state index in [4.69, 9.17) is 9.73 Å². The van der Waals surface area contributed by atoms with Gasteiger partial charge in [0.1, 0.15) is 0 Å². The highest BCUT2D eigenvalue weighted by Gasteiger charge is 2.13. The summed E-state index contributed by atoms with van der Waals surface area (Å²) in [7, 11) is 0. The van der Waals surface area contributed by atoms with Crippen LogP contribution in [-0.2, 0) is 11.3 Å². The highest BCUT2D eigenvalue weighted by atomic mass is 16.5. The maximum absolute atomic E-state index is 5.81. The topological polar surface area (TPSA) is 58.5 Å². The standard InChI is InChI=1S/C21H32N4O/c1-5-22-21(24-14-12-20(16(3)4)26-6-2)25-15-19-18-10-8-7-9-17(18)11-13-23-19/h7-11,13,16,20H,5-6,12,14-15H2,1-4H3,(H2,22,24,25). The van der Waals surface area contributed by atoms with Crippen molar-refractivity contribution in [2.45, 2.75) is 46.8 Å². The van der Waals surface area contributed by atoms with E-state index in [1.54, 1.807) is 0 Å². The fourth-order valence-electron chi connectivity index (χ4n) is 2.96. The van der Waals surface area contributed by atoms with Crippen LogP contribution in [0.5, 0.6) is 0 Å². The van der Waals surface area contributed by atoms with E-state index in [1.807, 2.05) is 31.3 Å². The summed E-state index contributed by atoms with van der Waals surface area (Å²) in [5, 5.41) is 9.07. The molecular weight excluding hydrogens is 324 g/mol. The average molecular weight is 357 g/mol. The van der Waals surface area contributed by atoms with Crippen LogP contribution in [0.1, 0.15) is 39.8 Å². The first-order valence-electron chi connectivity index (χ1n) is 9.62. The van der Waals surface area contributed by atoms with Crippen molar-refractivity contribution in [1.82, 2.24) is 15.6 Å². The minimum atomic E-state index is 0.273. The van der Waals surface area contributed by atoms with Crippen LogP contribution in [0.25, 0.3) is 10.8 Å². The number of benzene rings is 1. The van der Waals surface area contributed by atoms with Gasteiger partial charge in [-0.1, -0.05) is 38.1 Å². The van der Waals surface area contributed by atoms with Gasteiger partial charge in [-0.3, -0.25) is 4.98 Å². The highest BCUT2D eigenvalue weighted by Crippen LogP contribution is 2.16. The number of hydrogen-bond donors (Lipinski definition) is 2. The third kappa shape index (κ3) is 5.99. The molecule has 2 aromatic rings. The van der Waals surface area contributed by atoms with E-state index < -0.39 is 0 Å². The number of rotatable bonds is 9. The molecule has 2 N–H and O–H groups in total. The Labute approximate surface area is 157 Å². The second-order valence-corrected chi connectivity index (χ2v) is 6.63. The molecule has 0 aliphatic rings. The molecule has 0 radical (unpaired) electrons. The number of guanidine groups is 1. The Morgan fingerprint density at radius 3 is 2.69 bits per heavy atom. The summed E-state index contributed by atoms with van der Waals surface area (Å²) in [5.41, 5.74) is 0.995. The molecule has 1 heterocycles. The Hall–Kier alpha value is -2.14. The molecular formula is C21H32N4O. The molecule has 0 bridgehead atoms. The number of fused-ring (bicyclic) bond motifs is 1. The van der Waals surface area contributed by atoms with Crippen LogP contribution < -0.4 is 10.6 Å². The van der Waals surface area contributed by atoms with Crippen molar-refractivity contribution in [2.75, 3.05) is 19.7 Å². The minimum absolute atomic E-state index is 0.273. The Morgan fingerprint density at radius 1 is 1.15 bits per heavy atom. The third-order valence-electron chi connectivity index (χ3n) is 4.33. The van der Waals surface area contributed by atoms with Crippen molar-refractivity contribution in [3.05, 3.63) is 42.2 Å². The van der Waals surface area contributed by atoms with Crippen LogP contribution in [-0.4, -0.2) is 36.7 Å². The summed E-state index contributed by atoms with van der Waals surface area (Å²) in [6.07, 6.45) is 3.08. The van der Waals surface area contributed by atoms with Crippen molar-refractivity contribution in [1.29, 1.82) is 0 Å². The molecule has 0 spiro atoms. The Morgan fingerprint density at radius 2 is 1.96 bits per heavy atom. The van der Waals surface area contributed by atoms with Crippen molar-refractivity contribution in [3.63, 3.8) is 0 Å². The van der Waals surface area contributed by atoms with Crippen molar-refractivity contribution >= 4 is 16.7 Å². The largest absolute Gasteiger partial charge is 0.378 e. The van der Waals surface area contributed by atoms with Gasteiger partial charge < -0.3 is 15.4 Å². The van der Waals surface area contributed by atoms with E-state index in [1.165, 1.54) is 5.39 Å². The molecule has 26 heavy (non-hydrogen) atoms. The van der Waals surface area contributed by atoms with Crippen LogP contribution in [0, 0.1) is 5.92 Å². The molecule has 5 heteroatoms. The first kappa shape index (κ1) is 20.2. The molecule has 2 rings (SSSR count). The molecule has 0 saturated heterocycles. The molecule has 0 aliphatic heterocycles. The lowest BCUT2D eigenvalue weighted by Gasteiger charge is -2.21. The SMILES string of the molecule is CCNC(=NCc1nccc2ccccc12)NCCC(OCC)C(C)C. The molecule has 5 nitrogen and oxygen atoms in total. The summed E-state index contributed by atoms with van der Waals surface area (Å²) in [4.78, 5) is 9.23. The lowest BCUT2D eigenvalue weighted by atomic mass is 10.0. The quantitative estimate of drug-likeness (QED) is 0.531. The van der Waals surface area contributed by atoms with E-state index in [-0.39, 0.29) is 6.10 Å². The molecule has 1 aromatic heterocycles. The van der Waals surface area contributed by atoms with Gasteiger partial charge in [0, 0.05) is 31.3 Å². The molecule has 1 atom stereocenters. The van der Waals surface area contributed by atoms with Crippen molar-refractivity contribution in [2.24, 2.45) is 10.9 Å². The number of ether oxygens (including phenoxy) is 1. The van der Waals surface area contributed by atoms with E-state index in [0.29, 0.717) is 12.5 Å². The molecule has 0 saturated carbocycles. The van der Waals surface area contributed by atoms with Gasteiger partial charge in [0.2, 0.25) is 0 Å². The van der Waals surface area contributed by atoms with Crippen LogP contribution in [0.15, 0.2) is 41.5 Å². The van der Waals surface area contributed by atoms with Crippen LogP contribution in [0.3, 0.4) is 0 Å². The highest BCUT2D eigenvalue weighted by molar-refractivity contribution is 5.85. The van der Waals surface area contributed by atoms with E-state index in [0.717, 1.165) is 43.2 Å². The van der Waals surface area contributed by atoms with E-state index >= 15 is 0 Å². The Kier molecular flexibility index (Phi) is 8.35. The van der Waals surface area contributed by atoms with Gasteiger partial charge in [0.15, 0.2) is 5.96 Å². The summed E-state index contributed by atoms with van der Waals surface area (Å²) in [6, 6.07) is 10.3. The number of hydrogen-bond acceptors (Lipinski definition) is 3. The average Bonchev–Trinajstić information content (AvgIpc) is 2.65. The maximum Gasteiger partial charge on any atom is 0.191 e. The summed E-state index contributed by atoms with van der Waals surface area (Å²) in [5.74, 6) is 1.33. The minimum Gasteiger partial charge on any atom is -0.378 e. The molecule has 0 fully saturated rings. The maximum atomic E-state index is 5.81. The zero-order chi connectivity index (χ0) is 18.8. The van der Waals surface area contributed by atoms with Gasteiger partial charge >= 0.3 is 0 Å². The van der Waals surface area contributed by atoms with Gasteiger partial charge in [0.25, 0.3) is 0 Å². The second kappa shape index (κ2) is 10.8. The number of nitrogens with one attached hydrogen (secondary N) is 2. The predicted octanol–water partition coefficient (Wildman–Crippen LogP) is 3.74. The smallest absolute Gasteiger partial charge is 0.191 e. The van der Waals surface area contributed by atoms with E-state index in [2.05, 4.69) is 48.5 Å². The van der Waals surface area contributed by atoms with Gasteiger partial charge in [-0.2, -0.15) is 0 Å². The zero-order valence-corrected chi connectivity index (χ0v) is 16.5. The molecule has 142 valence electrons. The molecule has 0 amide bonds. The van der Waals surface area contributed by atoms with Gasteiger partial charge in [0.05, 0.1) is 18.3 Å². The Bertz CT molecular complexity index is 694. The molecule has 1 unspecified atom stereocenters. The van der Waals surface area contributed by atoms with E-state index in [9.17, 15) is 0 Å². The summed E-state index contributed by atoms with van der Waals surface area (Å²) >= 11 is 0. The number of pyridine rings is 1. The second-order valence-electron chi connectivity index (χ2n) is 6.63. The van der Waals surface area contributed by atoms with Gasteiger partial charge in [-0.25, -0.2) is 4.99 Å². The normalized spacial score (nSPS) is 13.2. The number of aliphatic imine (C=N–C) groups is 1. The monoisotopic (exact) mass is 356 g/mol. The fraction of sp³-hybridized carbons (Fsp3) is 0.524. The van der Waals surface area contributed by atoms with Gasteiger partial charge in [-0.05, 0) is 37.6 Å². The van der Waals surface area contributed by atoms with Crippen LogP contribution in [0.4, 0.5) is 0 Å². The van der Waals surface area contributed by atoms with Crippen molar-refractivity contribution < 1.29 is 4.74 Å². The Balaban J connectivity index is 1.99. The third-order valence-corrected chi connectivity index (χ3v) is 4.33. The summed E-state index contributed by atoms with van der Waals surface area (Å²) < 4.78 is 5.81. The lowest BCUT2D eigenvalue weighted by Crippen LogP contribution is -2.39. The fourth-order valence-corrected chi connectivity index (χ4v) is 2.96. The lowest BCUT2D eigenvalue weighted by molar-refractivity contribution is 0.0258.